The Balaban J connectivity index is 1.89. The lowest BCUT2D eigenvalue weighted by molar-refractivity contribution is 0.415. The van der Waals surface area contributed by atoms with Crippen molar-refractivity contribution in [2.24, 2.45) is 0 Å². The molecule has 0 N–H and O–H groups in total. The predicted octanol–water partition coefficient (Wildman–Crippen LogP) is 7.32. The normalized spacial score (nSPS) is 11.8. The highest BCUT2D eigenvalue weighted by Gasteiger charge is 2.26. The smallest absolute Gasteiger partial charge is 0.119 e. The topological polar surface area (TPSA) is 9.23 Å². The van der Waals surface area contributed by atoms with Crippen molar-refractivity contribution in [1.29, 1.82) is 0 Å². The van der Waals surface area contributed by atoms with Crippen LogP contribution in [0.2, 0.25) is 0 Å². The zero-order valence-electron chi connectivity index (χ0n) is 15.6. The van der Waals surface area contributed by atoms with Crippen molar-refractivity contribution >= 4 is 21.5 Å². The van der Waals surface area contributed by atoms with E-state index in [1.165, 1.54) is 54.9 Å². The molecule has 1 nitrogen and oxygen atoms in total. The van der Waals surface area contributed by atoms with Crippen LogP contribution in [0.5, 0.6) is 5.75 Å². The van der Waals surface area contributed by atoms with Crippen molar-refractivity contribution in [3.63, 3.8) is 0 Å². The fraction of sp³-hybridized carbons (Fsp3) is 0.0370. The maximum Gasteiger partial charge on any atom is 0.119 e. The van der Waals surface area contributed by atoms with E-state index in [1.807, 2.05) is 6.07 Å². The lowest BCUT2D eigenvalue weighted by Gasteiger charge is -2.16. The summed E-state index contributed by atoms with van der Waals surface area (Å²) in [6, 6.07) is 32.6. The highest BCUT2D eigenvalue weighted by molar-refractivity contribution is 6.29. The summed E-state index contributed by atoms with van der Waals surface area (Å²) in [5.41, 5.74) is 7.80. The van der Waals surface area contributed by atoms with Gasteiger partial charge in [-0.1, -0.05) is 78.9 Å². The Morgan fingerprint density at radius 3 is 2.07 bits per heavy atom. The van der Waals surface area contributed by atoms with Crippen LogP contribution in [0.3, 0.4) is 0 Å². The van der Waals surface area contributed by atoms with Gasteiger partial charge in [-0.25, -0.2) is 0 Å². The Labute approximate surface area is 163 Å². The lowest BCUT2D eigenvalue weighted by atomic mass is 9.87. The molecule has 28 heavy (non-hydrogen) atoms. The standard InChI is InChI=1S/C27H18O/c1-28-18-9-6-8-17(16-18)25-21-12-4-2-10-19(21)22-14-7-15-23-20-11-3-5-13-24(20)27(25)26(22)23/h2-16H,1H3. The zero-order valence-corrected chi connectivity index (χ0v) is 15.6. The monoisotopic (exact) mass is 358 g/mol. The van der Waals surface area contributed by atoms with Crippen LogP contribution in [0.1, 0.15) is 0 Å². The molecule has 5 aromatic carbocycles. The van der Waals surface area contributed by atoms with Gasteiger partial charge in [-0.3, -0.25) is 0 Å². The van der Waals surface area contributed by atoms with Crippen LogP contribution in [0.15, 0.2) is 91.0 Å². The zero-order chi connectivity index (χ0) is 18.7. The molecule has 132 valence electrons. The van der Waals surface area contributed by atoms with E-state index in [9.17, 15) is 0 Å². The van der Waals surface area contributed by atoms with E-state index in [-0.39, 0.29) is 0 Å². The van der Waals surface area contributed by atoms with Gasteiger partial charge in [-0.15, -0.1) is 0 Å². The van der Waals surface area contributed by atoms with Crippen LogP contribution in [0.4, 0.5) is 0 Å². The minimum Gasteiger partial charge on any atom is -0.497 e. The summed E-state index contributed by atoms with van der Waals surface area (Å²) >= 11 is 0. The highest BCUT2D eigenvalue weighted by Crippen LogP contribution is 2.54. The highest BCUT2D eigenvalue weighted by atomic mass is 16.5. The molecule has 5 aromatic rings. The SMILES string of the molecule is COc1cccc(-c2c3c4c(cccc4c4ccccc24)-c2ccccc2-3)c1. The van der Waals surface area contributed by atoms with Crippen molar-refractivity contribution in [1.82, 2.24) is 0 Å². The molecule has 0 aliphatic heterocycles. The molecule has 1 aliphatic rings. The summed E-state index contributed by atoms with van der Waals surface area (Å²) in [5.74, 6) is 0.883. The van der Waals surface area contributed by atoms with Gasteiger partial charge in [0, 0.05) is 0 Å². The van der Waals surface area contributed by atoms with E-state index in [0.717, 1.165) is 5.75 Å². The van der Waals surface area contributed by atoms with Crippen LogP contribution in [-0.2, 0) is 0 Å². The molecule has 6 rings (SSSR count). The number of hydrogen-bond acceptors (Lipinski definition) is 1. The fourth-order valence-corrected chi connectivity index (χ4v) is 4.75. The fourth-order valence-electron chi connectivity index (χ4n) is 4.75. The number of fused-ring (bicyclic) bond motifs is 5. The van der Waals surface area contributed by atoms with Gasteiger partial charge >= 0.3 is 0 Å². The molecule has 0 spiro atoms. The molecule has 0 unspecified atom stereocenters. The van der Waals surface area contributed by atoms with Gasteiger partial charge in [0.25, 0.3) is 0 Å². The first kappa shape index (κ1) is 15.5. The molecule has 0 amide bonds. The summed E-state index contributed by atoms with van der Waals surface area (Å²) < 4.78 is 5.53. The van der Waals surface area contributed by atoms with Gasteiger partial charge in [0.15, 0.2) is 0 Å². The third kappa shape index (κ3) is 1.96. The molecule has 0 fully saturated rings. The average molecular weight is 358 g/mol. The quantitative estimate of drug-likeness (QED) is 0.295. The summed E-state index contributed by atoms with van der Waals surface area (Å²) in [5, 5.41) is 5.27. The van der Waals surface area contributed by atoms with Gasteiger partial charge in [-0.2, -0.15) is 0 Å². The summed E-state index contributed by atoms with van der Waals surface area (Å²) in [7, 11) is 1.73. The van der Waals surface area contributed by atoms with E-state index in [1.54, 1.807) is 7.11 Å². The molecule has 0 aromatic heterocycles. The van der Waals surface area contributed by atoms with Crippen molar-refractivity contribution in [3.8, 4) is 39.1 Å². The maximum absolute atomic E-state index is 5.53. The van der Waals surface area contributed by atoms with Gasteiger partial charge in [0.2, 0.25) is 0 Å². The molecule has 0 bridgehead atoms. The summed E-state index contributed by atoms with van der Waals surface area (Å²) in [6.45, 7) is 0. The van der Waals surface area contributed by atoms with Crippen LogP contribution in [-0.4, -0.2) is 7.11 Å². The second-order valence-electron chi connectivity index (χ2n) is 7.30. The van der Waals surface area contributed by atoms with E-state index in [0.29, 0.717) is 0 Å². The van der Waals surface area contributed by atoms with Crippen molar-refractivity contribution in [2.75, 3.05) is 7.11 Å². The molecule has 0 saturated heterocycles. The number of methoxy groups -OCH3 is 1. The minimum atomic E-state index is 0.883. The first-order chi connectivity index (χ1) is 13.9. The Kier molecular flexibility index (Phi) is 3.15. The number of benzene rings is 5. The van der Waals surface area contributed by atoms with E-state index >= 15 is 0 Å². The molecule has 0 saturated carbocycles. The van der Waals surface area contributed by atoms with E-state index < -0.39 is 0 Å². The summed E-state index contributed by atoms with van der Waals surface area (Å²) in [6.07, 6.45) is 0. The van der Waals surface area contributed by atoms with Crippen LogP contribution in [0, 0.1) is 0 Å². The van der Waals surface area contributed by atoms with Gasteiger partial charge in [0.1, 0.15) is 5.75 Å². The average Bonchev–Trinajstić information content (AvgIpc) is 3.10. The van der Waals surface area contributed by atoms with Crippen molar-refractivity contribution in [3.05, 3.63) is 91.0 Å². The number of ether oxygens (including phenoxy) is 1. The number of rotatable bonds is 2. The van der Waals surface area contributed by atoms with E-state index in [2.05, 4.69) is 84.9 Å². The van der Waals surface area contributed by atoms with Crippen LogP contribution in [0.25, 0.3) is 54.9 Å². The number of hydrogen-bond donors (Lipinski definition) is 0. The first-order valence-electron chi connectivity index (χ1n) is 9.58. The van der Waals surface area contributed by atoms with Crippen molar-refractivity contribution < 1.29 is 4.74 Å². The predicted molar refractivity (Wildman–Crippen MR) is 118 cm³/mol. The maximum atomic E-state index is 5.53. The second-order valence-corrected chi connectivity index (χ2v) is 7.30. The Morgan fingerprint density at radius 1 is 0.536 bits per heavy atom. The van der Waals surface area contributed by atoms with E-state index in [4.69, 9.17) is 4.74 Å². The molecule has 0 atom stereocenters. The molecule has 0 heterocycles. The second kappa shape index (κ2) is 5.71. The molecule has 0 radical (unpaired) electrons. The Hall–Kier alpha value is -3.58. The third-order valence-corrected chi connectivity index (χ3v) is 5.90. The minimum absolute atomic E-state index is 0.883. The van der Waals surface area contributed by atoms with Crippen molar-refractivity contribution in [2.45, 2.75) is 0 Å². The van der Waals surface area contributed by atoms with Gasteiger partial charge < -0.3 is 4.74 Å². The molecular formula is C27H18O. The summed E-state index contributed by atoms with van der Waals surface area (Å²) in [4.78, 5) is 0. The Morgan fingerprint density at radius 2 is 1.21 bits per heavy atom. The molecule has 1 heteroatoms. The lowest BCUT2D eigenvalue weighted by Crippen LogP contribution is -1.90. The van der Waals surface area contributed by atoms with Gasteiger partial charge in [-0.05, 0) is 67.1 Å². The molecular weight excluding hydrogens is 340 g/mol. The largest absolute Gasteiger partial charge is 0.497 e. The Bertz CT molecular complexity index is 1390. The first-order valence-corrected chi connectivity index (χ1v) is 9.58. The molecule has 1 aliphatic carbocycles. The van der Waals surface area contributed by atoms with Crippen LogP contribution < -0.4 is 4.74 Å². The third-order valence-electron chi connectivity index (χ3n) is 5.90. The van der Waals surface area contributed by atoms with Gasteiger partial charge in [0.05, 0.1) is 7.11 Å². The van der Waals surface area contributed by atoms with Crippen LogP contribution >= 0.6 is 0 Å².